The summed E-state index contributed by atoms with van der Waals surface area (Å²) < 4.78 is 6.83. The summed E-state index contributed by atoms with van der Waals surface area (Å²) in [4.78, 5) is 12.1. The molecule has 0 radical (unpaired) electrons. The average molecular weight is 390 g/mol. The summed E-state index contributed by atoms with van der Waals surface area (Å²) in [5, 5.41) is 2.86. The van der Waals surface area contributed by atoms with Crippen LogP contribution in [0.4, 0.5) is 5.69 Å². The molecule has 0 unspecified atom stereocenters. The molecule has 0 aliphatic carbocycles. The van der Waals surface area contributed by atoms with Crippen LogP contribution in [0.3, 0.4) is 0 Å². The van der Waals surface area contributed by atoms with Gasteiger partial charge in [0, 0.05) is 10.2 Å². The van der Waals surface area contributed by atoms with Crippen LogP contribution >= 0.6 is 15.9 Å². The number of carbonyl (C=O) groups excluding carboxylic acids is 1. The van der Waals surface area contributed by atoms with E-state index in [0.717, 1.165) is 33.5 Å². The van der Waals surface area contributed by atoms with Crippen LogP contribution in [0.2, 0.25) is 0 Å². The van der Waals surface area contributed by atoms with Gasteiger partial charge >= 0.3 is 0 Å². The highest BCUT2D eigenvalue weighted by molar-refractivity contribution is 9.10. The van der Waals surface area contributed by atoms with Gasteiger partial charge in [0.05, 0.1) is 0 Å². The third kappa shape index (κ3) is 4.84. The molecule has 2 aromatic carbocycles. The minimum atomic E-state index is -0.158. The Morgan fingerprint density at radius 1 is 1.21 bits per heavy atom. The van der Waals surface area contributed by atoms with Crippen molar-refractivity contribution in [1.82, 2.24) is 0 Å². The molecule has 1 amide bonds. The van der Waals surface area contributed by atoms with Crippen molar-refractivity contribution < 1.29 is 9.53 Å². The predicted molar refractivity (Wildman–Crippen MR) is 103 cm³/mol. The maximum Gasteiger partial charge on any atom is 0.262 e. The lowest BCUT2D eigenvalue weighted by atomic mass is 10.0. The normalized spacial score (nSPS) is 10.8. The molecule has 128 valence electrons. The van der Waals surface area contributed by atoms with Gasteiger partial charge < -0.3 is 10.1 Å². The van der Waals surface area contributed by atoms with Gasteiger partial charge in [0.2, 0.25) is 0 Å². The van der Waals surface area contributed by atoms with Gasteiger partial charge in [-0.3, -0.25) is 4.79 Å². The van der Waals surface area contributed by atoms with Gasteiger partial charge in [0.1, 0.15) is 5.75 Å². The van der Waals surface area contributed by atoms with E-state index in [1.807, 2.05) is 37.3 Å². The summed E-state index contributed by atoms with van der Waals surface area (Å²) in [6.07, 6.45) is 0.984. The molecule has 3 nitrogen and oxygen atoms in total. The second kappa shape index (κ2) is 8.34. The first-order chi connectivity index (χ1) is 11.4. The highest BCUT2D eigenvalue weighted by atomic mass is 79.9. The fourth-order valence-electron chi connectivity index (χ4n) is 2.41. The number of rotatable bonds is 6. The molecule has 0 bridgehead atoms. The minimum absolute atomic E-state index is 0.00365. The number of aryl methyl sites for hydroxylation is 2. The molecule has 2 rings (SSSR count). The molecule has 0 spiro atoms. The molecule has 0 aliphatic rings. The number of amides is 1. The van der Waals surface area contributed by atoms with E-state index in [-0.39, 0.29) is 12.5 Å². The third-order valence-corrected chi connectivity index (χ3v) is 4.77. The Bertz CT molecular complexity index is 708. The van der Waals surface area contributed by atoms with E-state index in [4.69, 9.17) is 4.74 Å². The molecule has 4 heteroatoms. The third-order valence-electron chi connectivity index (χ3n) is 3.92. The van der Waals surface area contributed by atoms with E-state index in [2.05, 4.69) is 48.1 Å². The van der Waals surface area contributed by atoms with Crippen molar-refractivity contribution in [3.05, 3.63) is 57.6 Å². The van der Waals surface area contributed by atoms with Gasteiger partial charge in [0.25, 0.3) is 5.91 Å². The number of anilines is 1. The predicted octanol–water partition coefficient (Wildman–Crippen LogP) is 5.46. The fraction of sp³-hybridized carbons (Fsp3) is 0.350. The number of ether oxygens (including phenoxy) is 1. The van der Waals surface area contributed by atoms with Crippen molar-refractivity contribution in [1.29, 1.82) is 0 Å². The lowest BCUT2D eigenvalue weighted by Gasteiger charge is -2.16. The van der Waals surface area contributed by atoms with Crippen LogP contribution < -0.4 is 10.1 Å². The van der Waals surface area contributed by atoms with Gasteiger partial charge in [-0.25, -0.2) is 0 Å². The van der Waals surface area contributed by atoms with E-state index in [0.29, 0.717) is 5.92 Å². The topological polar surface area (TPSA) is 38.3 Å². The molecule has 24 heavy (non-hydrogen) atoms. The SMILES string of the molecule is CCc1ccc(NC(=O)COc2cc(C)c(Br)cc2C(C)C)cc1. The average Bonchev–Trinajstić information content (AvgIpc) is 2.56. The summed E-state index contributed by atoms with van der Waals surface area (Å²) in [7, 11) is 0. The summed E-state index contributed by atoms with van der Waals surface area (Å²) in [5.41, 5.74) is 4.21. The lowest BCUT2D eigenvalue weighted by molar-refractivity contribution is -0.118. The zero-order valence-electron chi connectivity index (χ0n) is 14.7. The van der Waals surface area contributed by atoms with Gasteiger partial charge in [-0.2, -0.15) is 0 Å². The van der Waals surface area contributed by atoms with Crippen LogP contribution in [0.25, 0.3) is 0 Å². The molecule has 0 saturated heterocycles. The summed E-state index contributed by atoms with van der Waals surface area (Å²) in [6, 6.07) is 11.9. The molecule has 0 aliphatic heterocycles. The Morgan fingerprint density at radius 3 is 2.46 bits per heavy atom. The largest absolute Gasteiger partial charge is 0.483 e. The Hall–Kier alpha value is -1.81. The Balaban J connectivity index is 2.01. The number of benzene rings is 2. The first kappa shape index (κ1) is 18.5. The van der Waals surface area contributed by atoms with E-state index in [1.165, 1.54) is 5.56 Å². The number of hydrogen-bond donors (Lipinski definition) is 1. The van der Waals surface area contributed by atoms with Crippen molar-refractivity contribution >= 4 is 27.5 Å². The fourth-order valence-corrected chi connectivity index (χ4v) is 2.77. The van der Waals surface area contributed by atoms with Crippen molar-refractivity contribution in [2.24, 2.45) is 0 Å². The molecule has 0 saturated carbocycles. The van der Waals surface area contributed by atoms with Crippen molar-refractivity contribution in [3.63, 3.8) is 0 Å². The smallest absolute Gasteiger partial charge is 0.262 e. The molecule has 0 heterocycles. The first-order valence-corrected chi connectivity index (χ1v) is 9.01. The maximum atomic E-state index is 12.1. The highest BCUT2D eigenvalue weighted by Crippen LogP contribution is 2.32. The highest BCUT2D eigenvalue weighted by Gasteiger charge is 2.12. The molecular formula is C20H24BrNO2. The Morgan fingerprint density at radius 2 is 1.88 bits per heavy atom. The zero-order chi connectivity index (χ0) is 17.7. The van der Waals surface area contributed by atoms with Crippen LogP contribution in [0.1, 0.15) is 43.4 Å². The Kier molecular flexibility index (Phi) is 6.44. The second-order valence-electron chi connectivity index (χ2n) is 6.18. The number of halogens is 1. The summed E-state index contributed by atoms with van der Waals surface area (Å²) in [5.74, 6) is 0.929. The first-order valence-electron chi connectivity index (χ1n) is 8.22. The van der Waals surface area contributed by atoms with Gasteiger partial charge in [-0.05, 0) is 60.2 Å². The molecule has 0 atom stereocenters. The summed E-state index contributed by atoms with van der Waals surface area (Å²) in [6.45, 7) is 8.33. The Labute approximate surface area is 152 Å². The van der Waals surface area contributed by atoms with Gasteiger partial charge in [0.15, 0.2) is 6.61 Å². The molecule has 2 aromatic rings. The van der Waals surface area contributed by atoms with Crippen molar-refractivity contribution in [2.45, 2.75) is 40.0 Å². The summed E-state index contributed by atoms with van der Waals surface area (Å²) >= 11 is 3.55. The van der Waals surface area contributed by atoms with E-state index in [9.17, 15) is 4.79 Å². The van der Waals surface area contributed by atoms with Crippen molar-refractivity contribution in [2.75, 3.05) is 11.9 Å². The monoisotopic (exact) mass is 389 g/mol. The molecular weight excluding hydrogens is 366 g/mol. The number of carbonyl (C=O) groups is 1. The second-order valence-corrected chi connectivity index (χ2v) is 7.04. The van der Waals surface area contributed by atoms with Crippen LogP contribution in [0.5, 0.6) is 5.75 Å². The van der Waals surface area contributed by atoms with Crippen molar-refractivity contribution in [3.8, 4) is 5.75 Å². The maximum absolute atomic E-state index is 12.1. The van der Waals surface area contributed by atoms with Crippen LogP contribution in [0.15, 0.2) is 40.9 Å². The zero-order valence-corrected chi connectivity index (χ0v) is 16.2. The molecule has 0 aromatic heterocycles. The quantitative estimate of drug-likeness (QED) is 0.711. The van der Waals surface area contributed by atoms with Crippen LogP contribution in [-0.2, 0) is 11.2 Å². The molecule has 1 N–H and O–H groups in total. The van der Waals surface area contributed by atoms with E-state index >= 15 is 0 Å². The number of hydrogen-bond acceptors (Lipinski definition) is 2. The van der Waals surface area contributed by atoms with E-state index < -0.39 is 0 Å². The number of nitrogens with one attached hydrogen (secondary N) is 1. The van der Waals surface area contributed by atoms with Crippen LogP contribution in [0, 0.1) is 6.92 Å². The molecule has 0 fully saturated rings. The van der Waals surface area contributed by atoms with E-state index in [1.54, 1.807) is 0 Å². The van der Waals surface area contributed by atoms with Crippen LogP contribution in [-0.4, -0.2) is 12.5 Å². The lowest BCUT2D eigenvalue weighted by Crippen LogP contribution is -2.20. The minimum Gasteiger partial charge on any atom is -0.483 e. The van der Waals surface area contributed by atoms with Gasteiger partial charge in [-0.1, -0.05) is 48.8 Å². The van der Waals surface area contributed by atoms with Gasteiger partial charge in [-0.15, -0.1) is 0 Å². The standard InChI is InChI=1S/C20H24BrNO2/c1-5-15-6-8-16(9-7-15)22-20(23)12-24-19-10-14(4)18(21)11-17(19)13(2)3/h6-11,13H,5,12H2,1-4H3,(H,22,23).